The maximum absolute atomic E-state index is 6.15. The number of nitrogens with zero attached hydrogens (tertiary/aromatic N) is 1. The molecule has 1 heterocycles. The van der Waals surface area contributed by atoms with Gasteiger partial charge in [-0.25, -0.2) is 4.98 Å². The van der Waals surface area contributed by atoms with E-state index in [0.29, 0.717) is 10.9 Å². The summed E-state index contributed by atoms with van der Waals surface area (Å²) < 4.78 is 5.19. The fraction of sp³-hybridized carbons (Fsp3) is 0.643. The minimum absolute atomic E-state index is 0.153. The second kappa shape index (κ2) is 8.35. The van der Waals surface area contributed by atoms with E-state index in [-0.39, 0.29) is 6.10 Å². The lowest BCUT2D eigenvalue weighted by Gasteiger charge is -2.13. The molecular formula is C14H24ClN3O. The number of aromatic nitrogens is 1. The summed E-state index contributed by atoms with van der Waals surface area (Å²) in [5, 5.41) is 7.32. The van der Waals surface area contributed by atoms with Crippen molar-refractivity contribution in [2.24, 2.45) is 5.92 Å². The first-order valence-electron chi connectivity index (χ1n) is 6.64. The SMILES string of the molecule is COC(C)CNc1cc(CNCC(C)C)c(Cl)cn1. The van der Waals surface area contributed by atoms with Crippen molar-refractivity contribution in [2.75, 3.05) is 25.5 Å². The van der Waals surface area contributed by atoms with Crippen LogP contribution < -0.4 is 10.6 Å². The standard InChI is InChI=1S/C14H24ClN3O/c1-10(2)6-16-8-12-5-14(18-9-13(12)15)17-7-11(3)19-4/h5,9-11,16H,6-8H2,1-4H3,(H,17,18). The van der Waals surface area contributed by atoms with Gasteiger partial charge in [-0.2, -0.15) is 0 Å². The monoisotopic (exact) mass is 285 g/mol. The maximum atomic E-state index is 6.15. The van der Waals surface area contributed by atoms with Crippen LogP contribution in [0.15, 0.2) is 12.3 Å². The summed E-state index contributed by atoms with van der Waals surface area (Å²) in [6.45, 7) is 8.83. The van der Waals surface area contributed by atoms with Crippen LogP contribution in [0, 0.1) is 5.92 Å². The Morgan fingerprint density at radius 2 is 2.05 bits per heavy atom. The molecule has 0 aliphatic carbocycles. The van der Waals surface area contributed by atoms with E-state index in [4.69, 9.17) is 16.3 Å². The molecule has 0 aliphatic rings. The van der Waals surface area contributed by atoms with E-state index in [2.05, 4.69) is 29.5 Å². The summed E-state index contributed by atoms with van der Waals surface area (Å²) >= 11 is 6.15. The van der Waals surface area contributed by atoms with Gasteiger partial charge in [0.05, 0.1) is 11.1 Å². The number of ether oxygens (including phenoxy) is 1. The first-order chi connectivity index (χ1) is 9.02. The van der Waals surface area contributed by atoms with E-state index in [1.807, 2.05) is 13.0 Å². The zero-order chi connectivity index (χ0) is 14.3. The lowest BCUT2D eigenvalue weighted by Crippen LogP contribution is -2.20. The van der Waals surface area contributed by atoms with E-state index in [1.54, 1.807) is 13.3 Å². The third kappa shape index (κ3) is 6.23. The van der Waals surface area contributed by atoms with Gasteiger partial charge in [0.2, 0.25) is 0 Å². The number of rotatable bonds is 8. The third-order valence-corrected chi connectivity index (χ3v) is 3.12. The Balaban J connectivity index is 2.55. The highest BCUT2D eigenvalue weighted by Crippen LogP contribution is 2.18. The molecule has 0 saturated carbocycles. The quantitative estimate of drug-likeness (QED) is 0.771. The predicted octanol–water partition coefficient (Wildman–Crippen LogP) is 2.93. The zero-order valence-electron chi connectivity index (χ0n) is 12.2. The number of methoxy groups -OCH3 is 1. The van der Waals surface area contributed by atoms with Gasteiger partial charge in [0, 0.05) is 26.4 Å². The van der Waals surface area contributed by atoms with Crippen molar-refractivity contribution in [3.8, 4) is 0 Å². The summed E-state index contributed by atoms with van der Waals surface area (Å²) in [6, 6.07) is 1.98. The van der Waals surface area contributed by atoms with Gasteiger partial charge in [0.15, 0.2) is 0 Å². The lowest BCUT2D eigenvalue weighted by atomic mass is 10.2. The third-order valence-electron chi connectivity index (χ3n) is 2.78. The molecular weight excluding hydrogens is 262 g/mol. The van der Waals surface area contributed by atoms with E-state index in [9.17, 15) is 0 Å². The van der Waals surface area contributed by atoms with E-state index >= 15 is 0 Å². The van der Waals surface area contributed by atoms with Crippen molar-refractivity contribution < 1.29 is 4.74 Å². The smallest absolute Gasteiger partial charge is 0.126 e. The summed E-state index contributed by atoms with van der Waals surface area (Å²) in [7, 11) is 1.70. The second-order valence-electron chi connectivity index (χ2n) is 5.11. The van der Waals surface area contributed by atoms with Gasteiger partial charge in [-0.3, -0.25) is 0 Å². The molecule has 108 valence electrons. The summed E-state index contributed by atoms with van der Waals surface area (Å²) in [6.07, 6.45) is 1.84. The number of hydrogen-bond acceptors (Lipinski definition) is 4. The molecule has 0 spiro atoms. The highest BCUT2D eigenvalue weighted by atomic mass is 35.5. The largest absolute Gasteiger partial charge is 0.380 e. The molecule has 0 amide bonds. The highest BCUT2D eigenvalue weighted by molar-refractivity contribution is 6.31. The van der Waals surface area contributed by atoms with Gasteiger partial charge < -0.3 is 15.4 Å². The molecule has 0 fully saturated rings. The van der Waals surface area contributed by atoms with Crippen LogP contribution in [0.4, 0.5) is 5.82 Å². The van der Waals surface area contributed by atoms with Crippen LogP contribution in [0.5, 0.6) is 0 Å². The molecule has 4 nitrogen and oxygen atoms in total. The fourth-order valence-electron chi connectivity index (χ4n) is 1.54. The molecule has 1 aromatic heterocycles. The van der Waals surface area contributed by atoms with Crippen LogP contribution in [-0.4, -0.2) is 31.3 Å². The normalized spacial score (nSPS) is 12.7. The molecule has 5 heteroatoms. The van der Waals surface area contributed by atoms with Crippen molar-refractivity contribution in [3.05, 3.63) is 22.8 Å². The summed E-state index contributed by atoms with van der Waals surface area (Å²) in [5.41, 5.74) is 1.06. The number of hydrogen-bond donors (Lipinski definition) is 2. The molecule has 1 unspecified atom stereocenters. The average Bonchev–Trinajstić information content (AvgIpc) is 2.38. The minimum Gasteiger partial charge on any atom is -0.380 e. The van der Waals surface area contributed by atoms with Gasteiger partial charge in [0.25, 0.3) is 0 Å². The number of pyridine rings is 1. The fourth-order valence-corrected chi connectivity index (χ4v) is 1.71. The Kier molecular flexibility index (Phi) is 7.13. The van der Waals surface area contributed by atoms with Crippen molar-refractivity contribution in [1.29, 1.82) is 0 Å². The molecule has 0 saturated heterocycles. The van der Waals surface area contributed by atoms with E-state index < -0.39 is 0 Å². The first-order valence-corrected chi connectivity index (χ1v) is 7.02. The Labute approximate surface area is 120 Å². The van der Waals surface area contributed by atoms with Crippen molar-refractivity contribution >= 4 is 17.4 Å². The lowest BCUT2D eigenvalue weighted by molar-refractivity contribution is 0.128. The second-order valence-corrected chi connectivity index (χ2v) is 5.52. The molecule has 1 rings (SSSR count). The van der Waals surface area contributed by atoms with Crippen LogP contribution in [-0.2, 0) is 11.3 Å². The molecule has 0 radical (unpaired) electrons. The topological polar surface area (TPSA) is 46.2 Å². The van der Waals surface area contributed by atoms with Gasteiger partial charge >= 0.3 is 0 Å². The molecule has 19 heavy (non-hydrogen) atoms. The van der Waals surface area contributed by atoms with Gasteiger partial charge in [-0.1, -0.05) is 25.4 Å². The van der Waals surface area contributed by atoms with Crippen molar-refractivity contribution in [2.45, 2.75) is 33.4 Å². The van der Waals surface area contributed by atoms with Crippen LogP contribution in [0.1, 0.15) is 26.3 Å². The van der Waals surface area contributed by atoms with Crippen LogP contribution in [0.25, 0.3) is 0 Å². The Morgan fingerprint density at radius 3 is 2.68 bits per heavy atom. The van der Waals surface area contributed by atoms with Crippen LogP contribution in [0.3, 0.4) is 0 Å². The Hall–Kier alpha value is -0.840. The Bertz CT molecular complexity index is 385. The summed E-state index contributed by atoms with van der Waals surface area (Å²) in [4.78, 5) is 4.26. The Morgan fingerprint density at radius 1 is 1.32 bits per heavy atom. The molecule has 0 bridgehead atoms. The van der Waals surface area contributed by atoms with Gasteiger partial charge in [-0.15, -0.1) is 0 Å². The predicted molar refractivity (Wildman–Crippen MR) is 80.8 cm³/mol. The zero-order valence-corrected chi connectivity index (χ0v) is 12.9. The summed E-state index contributed by atoms with van der Waals surface area (Å²) in [5.74, 6) is 1.45. The van der Waals surface area contributed by atoms with Crippen LogP contribution in [0.2, 0.25) is 5.02 Å². The molecule has 0 aromatic carbocycles. The van der Waals surface area contributed by atoms with Crippen molar-refractivity contribution in [3.63, 3.8) is 0 Å². The van der Waals surface area contributed by atoms with E-state index in [1.165, 1.54) is 0 Å². The molecule has 2 N–H and O–H groups in total. The number of halogens is 1. The highest BCUT2D eigenvalue weighted by Gasteiger charge is 2.05. The van der Waals surface area contributed by atoms with Gasteiger partial charge in [-0.05, 0) is 31.0 Å². The molecule has 1 aromatic rings. The van der Waals surface area contributed by atoms with Crippen LogP contribution >= 0.6 is 11.6 Å². The minimum atomic E-state index is 0.153. The maximum Gasteiger partial charge on any atom is 0.126 e. The molecule has 0 aliphatic heterocycles. The van der Waals surface area contributed by atoms with E-state index in [0.717, 1.165) is 31.0 Å². The van der Waals surface area contributed by atoms with Crippen molar-refractivity contribution in [1.82, 2.24) is 10.3 Å². The number of anilines is 1. The molecule has 1 atom stereocenters. The van der Waals surface area contributed by atoms with Gasteiger partial charge in [0.1, 0.15) is 5.82 Å². The number of nitrogens with one attached hydrogen (secondary N) is 2. The average molecular weight is 286 g/mol. The first kappa shape index (κ1) is 16.2.